The van der Waals surface area contributed by atoms with Crippen LogP contribution in [0.25, 0.3) is 22.8 Å². The molecule has 0 aromatic heterocycles. The number of rotatable bonds is 4. The van der Waals surface area contributed by atoms with Crippen molar-refractivity contribution in [2.45, 2.75) is 41.5 Å². The van der Waals surface area contributed by atoms with Crippen LogP contribution in [0, 0.1) is 110 Å². The highest BCUT2D eigenvalue weighted by Gasteiger charge is 2.44. The van der Waals surface area contributed by atoms with Gasteiger partial charge in [0.05, 0.1) is 27.8 Å². The van der Waals surface area contributed by atoms with E-state index in [4.69, 9.17) is 0 Å². The summed E-state index contributed by atoms with van der Waals surface area (Å²) in [6, 6.07) is 3.30. The van der Waals surface area contributed by atoms with Crippen LogP contribution in [0.4, 0.5) is 39.5 Å². The first-order chi connectivity index (χ1) is 21.0. The second kappa shape index (κ2) is 11.5. The van der Waals surface area contributed by atoms with Gasteiger partial charge >= 0.3 is 0 Å². The van der Waals surface area contributed by atoms with Gasteiger partial charge in [-0.3, -0.25) is 0 Å². The van der Waals surface area contributed by atoms with E-state index in [2.05, 4.69) is 6.58 Å². The summed E-state index contributed by atoms with van der Waals surface area (Å²) in [6.07, 6.45) is 0.537. The molecule has 11 heteroatoms. The van der Waals surface area contributed by atoms with Crippen LogP contribution in [0.2, 0.25) is 0 Å². The average Bonchev–Trinajstić information content (AvgIpc) is 3.75. The molecular weight excluding hydrogens is 607 g/mol. The van der Waals surface area contributed by atoms with Gasteiger partial charge in [0.1, 0.15) is 12.1 Å². The van der Waals surface area contributed by atoms with Crippen LogP contribution in [0.1, 0.15) is 57.0 Å². The van der Waals surface area contributed by atoms with Gasteiger partial charge in [-0.1, -0.05) is 12.7 Å². The molecule has 0 amide bonds. The molecule has 45 heavy (non-hydrogen) atoms. The van der Waals surface area contributed by atoms with E-state index in [1.165, 1.54) is 6.07 Å². The van der Waals surface area contributed by atoms with Crippen molar-refractivity contribution in [1.29, 1.82) is 10.5 Å². The molecule has 0 heterocycles. The van der Waals surface area contributed by atoms with Crippen molar-refractivity contribution < 1.29 is 39.5 Å². The fourth-order valence-corrected chi connectivity index (χ4v) is 5.52. The molecule has 4 rings (SSSR count). The van der Waals surface area contributed by atoms with Crippen molar-refractivity contribution in [2.24, 2.45) is 0 Å². The van der Waals surface area contributed by atoms with Crippen molar-refractivity contribution in [1.82, 2.24) is 0 Å². The topological polar surface area (TPSA) is 47.6 Å². The predicted octanol–water partition coefficient (Wildman–Crippen LogP) is 9.87. The molecule has 0 N–H and O–H groups in total. The Bertz CT molecular complexity index is 1890. The summed E-state index contributed by atoms with van der Waals surface area (Å²) in [5, 5.41) is 20.4. The monoisotopic (exact) mass is 628 g/mol. The average molecular weight is 629 g/mol. The molecule has 2 nitrogen and oxygen atoms in total. The third kappa shape index (κ3) is 4.65. The number of hydrogen-bond acceptors (Lipinski definition) is 2. The van der Waals surface area contributed by atoms with E-state index in [-0.39, 0.29) is 16.7 Å². The molecule has 230 valence electrons. The Morgan fingerprint density at radius 3 is 1.20 bits per heavy atom. The van der Waals surface area contributed by atoms with Gasteiger partial charge in [0.15, 0.2) is 46.5 Å². The van der Waals surface area contributed by atoms with Crippen LogP contribution < -0.4 is 0 Å². The lowest BCUT2D eigenvalue weighted by Gasteiger charge is -2.18. The maximum atomic E-state index is 15.3. The fraction of sp³-hybridized carbons (Fsp3) is 0.176. The van der Waals surface area contributed by atoms with Gasteiger partial charge in [-0.25, -0.2) is 39.5 Å². The Balaban J connectivity index is 2.31. The van der Waals surface area contributed by atoms with E-state index in [1.54, 1.807) is 27.7 Å². The van der Waals surface area contributed by atoms with Gasteiger partial charge in [-0.15, -0.1) is 0 Å². The number of nitrogens with zero attached hydrogens (tertiary/aromatic N) is 2. The lowest BCUT2D eigenvalue weighted by molar-refractivity contribution is 0.376. The smallest absolute Gasteiger partial charge is 0.200 e. The molecule has 0 saturated heterocycles. The molecule has 0 unspecified atom stereocenters. The van der Waals surface area contributed by atoms with Crippen molar-refractivity contribution in [2.75, 3.05) is 0 Å². The van der Waals surface area contributed by atoms with Gasteiger partial charge in [0.2, 0.25) is 5.82 Å². The van der Waals surface area contributed by atoms with E-state index < -0.39 is 91.3 Å². The highest BCUT2D eigenvalue weighted by molar-refractivity contribution is 6.11. The van der Waals surface area contributed by atoms with Crippen LogP contribution in [-0.2, 0) is 0 Å². The quantitative estimate of drug-likeness (QED) is 0.125. The zero-order chi connectivity index (χ0) is 34.0. The Hall–Kier alpha value is -5.03. The molecule has 0 aliphatic heterocycles. The van der Waals surface area contributed by atoms with Gasteiger partial charge in [-0.05, 0) is 86.1 Å². The molecular formula is C34H21F9N2. The third-order valence-corrected chi connectivity index (χ3v) is 8.37. The highest BCUT2D eigenvalue weighted by atomic mass is 19.2. The first-order valence-electron chi connectivity index (χ1n) is 13.1. The highest BCUT2D eigenvalue weighted by Crippen LogP contribution is 2.57. The maximum Gasteiger partial charge on any atom is 0.200 e. The summed E-state index contributed by atoms with van der Waals surface area (Å²) < 4.78 is 132. The standard InChI is InChI=1S/C34H21F9N2/c1-8-17-26(35)28(37)22(29(38)27(17)36)16(7)21-23(18(9-44)20-14(5)12(3)11(2)13(4)15(20)6)24(21)19(10-45)25-30(39)32(41)34(43)33(42)31(25)40/h8H,1H2,2-7H3. The number of hydrogen-bond donors (Lipinski definition) is 0. The Kier molecular flexibility index (Phi) is 8.38. The van der Waals surface area contributed by atoms with Crippen molar-refractivity contribution in [3.05, 3.63) is 126 Å². The molecule has 0 radical (unpaired) electrons. The van der Waals surface area contributed by atoms with Crippen LogP contribution in [0.3, 0.4) is 0 Å². The van der Waals surface area contributed by atoms with E-state index in [0.717, 1.165) is 23.6 Å². The number of benzene rings is 3. The van der Waals surface area contributed by atoms with Gasteiger partial charge in [0, 0.05) is 11.1 Å². The minimum absolute atomic E-state index is 0.267. The van der Waals surface area contributed by atoms with Crippen LogP contribution in [0.5, 0.6) is 0 Å². The normalized spacial score (nSPS) is 15.8. The molecule has 0 spiro atoms. The molecule has 0 bridgehead atoms. The van der Waals surface area contributed by atoms with Crippen LogP contribution in [0.15, 0.2) is 23.3 Å². The van der Waals surface area contributed by atoms with Crippen molar-refractivity contribution >= 4 is 22.8 Å². The lowest BCUT2D eigenvalue weighted by atomic mass is 9.86. The van der Waals surface area contributed by atoms with E-state index in [0.29, 0.717) is 17.2 Å². The summed E-state index contributed by atoms with van der Waals surface area (Å²) >= 11 is 0. The van der Waals surface area contributed by atoms with E-state index in [1.807, 2.05) is 13.0 Å². The van der Waals surface area contributed by atoms with E-state index >= 15 is 8.78 Å². The third-order valence-electron chi connectivity index (χ3n) is 8.37. The Labute approximate surface area is 252 Å². The summed E-state index contributed by atoms with van der Waals surface area (Å²) in [6.45, 7) is 12.7. The molecule has 3 aromatic rings. The zero-order valence-corrected chi connectivity index (χ0v) is 24.6. The minimum atomic E-state index is -2.50. The maximum absolute atomic E-state index is 15.3. The summed E-state index contributed by atoms with van der Waals surface area (Å²) in [5.41, 5.74) is -3.83. The zero-order valence-electron chi connectivity index (χ0n) is 24.6. The summed E-state index contributed by atoms with van der Waals surface area (Å²) in [7, 11) is 0. The van der Waals surface area contributed by atoms with Gasteiger partial charge in [0.25, 0.3) is 0 Å². The second-order valence-corrected chi connectivity index (χ2v) is 10.4. The van der Waals surface area contributed by atoms with Crippen LogP contribution in [-0.4, -0.2) is 0 Å². The molecule has 3 aromatic carbocycles. The number of halogens is 9. The van der Waals surface area contributed by atoms with E-state index in [9.17, 15) is 41.3 Å². The van der Waals surface area contributed by atoms with Crippen LogP contribution >= 0.6 is 0 Å². The molecule has 1 aliphatic carbocycles. The minimum Gasteiger partial charge on any atom is -0.203 e. The molecule has 1 saturated carbocycles. The molecule has 0 atom stereocenters. The van der Waals surface area contributed by atoms with Gasteiger partial charge in [-0.2, -0.15) is 10.5 Å². The van der Waals surface area contributed by atoms with Gasteiger partial charge < -0.3 is 0 Å². The first-order valence-corrected chi connectivity index (χ1v) is 13.1. The number of nitriles is 2. The second-order valence-electron chi connectivity index (χ2n) is 10.4. The Morgan fingerprint density at radius 2 is 0.822 bits per heavy atom. The SMILES string of the molecule is C=Cc1c(F)c(F)c(C(C)=C2C(=C(C#N)c3c(C)c(C)c(C)c(C)c3C)C2=C(C#N)c2c(F)c(F)c(F)c(F)c2F)c(F)c1F. The molecule has 1 aliphatic rings. The number of allylic oxidation sites excluding steroid dienone is 6. The first kappa shape index (κ1) is 32.9. The fourth-order valence-electron chi connectivity index (χ4n) is 5.52. The summed E-state index contributed by atoms with van der Waals surface area (Å²) in [4.78, 5) is 0. The van der Waals surface area contributed by atoms with Crippen molar-refractivity contribution in [3.63, 3.8) is 0 Å². The lowest BCUT2D eigenvalue weighted by Crippen LogP contribution is -2.06. The Morgan fingerprint density at radius 1 is 0.489 bits per heavy atom. The van der Waals surface area contributed by atoms with Crippen molar-refractivity contribution in [3.8, 4) is 12.1 Å². The predicted molar refractivity (Wildman–Crippen MR) is 150 cm³/mol. The summed E-state index contributed by atoms with van der Waals surface area (Å²) in [5.74, 6) is -19.4. The molecule has 1 fully saturated rings. The largest absolute Gasteiger partial charge is 0.203 e.